The van der Waals surface area contributed by atoms with Crippen molar-refractivity contribution >= 4 is 10.9 Å². The standard InChI is InChI=1S/C15H17N3O2/c1-3-4-14-16-15(20-17-14)10-18-8-7-11-9-12(19-2)5-6-13(11)18/h5-9H,3-4,10H2,1-2H3. The summed E-state index contributed by atoms with van der Waals surface area (Å²) in [5, 5.41) is 5.11. The van der Waals surface area contributed by atoms with Gasteiger partial charge < -0.3 is 13.8 Å². The minimum absolute atomic E-state index is 0.590. The Labute approximate surface area is 117 Å². The van der Waals surface area contributed by atoms with Crippen LogP contribution >= 0.6 is 0 Å². The number of rotatable bonds is 5. The van der Waals surface area contributed by atoms with Crippen molar-refractivity contribution < 1.29 is 9.26 Å². The summed E-state index contributed by atoms with van der Waals surface area (Å²) in [6, 6.07) is 8.07. The van der Waals surface area contributed by atoms with E-state index in [4.69, 9.17) is 9.26 Å². The van der Waals surface area contributed by atoms with Crippen LogP contribution in [0.25, 0.3) is 10.9 Å². The SMILES string of the molecule is CCCc1noc(Cn2ccc3cc(OC)ccc32)n1. The third kappa shape index (κ3) is 2.39. The molecule has 3 aromatic rings. The molecular formula is C15H17N3O2. The van der Waals surface area contributed by atoms with Crippen molar-refractivity contribution in [3.05, 3.63) is 42.2 Å². The predicted octanol–water partition coefficient (Wildman–Crippen LogP) is 3.03. The normalized spacial score (nSPS) is 11.1. The second-order valence-corrected chi connectivity index (χ2v) is 4.72. The molecule has 0 atom stereocenters. The second kappa shape index (κ2) is 5.36. The fourth-order valence-electron chi connectivity index (χ4n) is 2.27. The van der Waals surface area contributed by atoms with Crippen LogP contribution in [-0.4, -0.2) is 21.8 Å². The van der Waals surface area contributed by atoms with Gasteiger partial charge in [0, 0.05) is 23.5 Å². The summed E-state index contributed by atoms with van der Waals surface area (Å²) < 4.78 is 12.6. The molecule has 3 rings (SSSR count). The molecule has 0 fully saturated rings. The molecule has 0 aliphatic carbocycles. The lowest BCUT2D eigenvalue weighted by Crippen LogP contribution is -1.98. The van der Waals surface area contributed by atoms with E-state index >= 15 is 0 Å². The van der Waals surface area contributed by atoms with E-state index in [2.05, 4.69) is 27.7 Å². The number of hydrogen-bond acceptors (Lipinski definition) is 4. The molecule has 2 heterocycles. The van der Waals surface area contributed by atoms with Crippen LogP contribution in [0.1, 0.15) is 25.1 Å². The number of methoxy groups -OCH3 is 1. The van der Waals surface area contributed by atoms with Crippen molar-refractivity contribution in [3.63, 3.8) is 0 Å². The lowest BCUT2D eigenvalue weighted by molar-refractivity contribution is 0.367. The fourth-order valence-corrected chi connectivity index (χ4v) is 2.27. The molecule has 0 aliphatic heterocycles. The van der Waals surface area contributed by atoms with Crippen LogP contribution in [0.3, 0.4) is 0 Å². The van der Waals surface area contributed by atoms with E-state index in [1.54, 1.807) is 7.11 Å². The molecular weight excluding hydrogens is 254 g/mol. The van der Waals surface area contributed by atoms with Crippen LogP contribution in [0.2, 0.25) is 0 Å². The first-order valence-corrected chi connectivity index (χ1v) is 6.74. The molecule has 0 radical (unpaired) electrons. The Bertz CT molecular complexity index is 715. The molecule has 5 heteroatoms. The van der Waals surface area contributed by atoms with Gasteiger partial charge in [0.1, 0.15) is 12.3 Å². The maximum absolute atomic E-state index is 5.28. The number of ether oxygens (including phenoxy) is 1. The summed E-state index contributed by atoms with van der Waals surface area (Å²) in [6.45, 7) is 2.69. The molecule has 0 bridgehead atoms. The van der Waals surface area contributed by atoms with Gasteiger partial charge in [0.25, 0.3) is 0 Å². The monoisotopic (exact) mass is 271 g/mol. The average Bonchev–Trinajstić information content (AvgIpc) is 3.07. The molecule has 104 valence electrons. The van der Waals surface area contributed by atoms with Crippen molar-refractivity contribution in [2.24, 2.45) is 0 Å². The maximum Gasteiger partial charge on any atom is 0.246 e. The van der Waals surface area contributed by atoms with E-state index in [1.165, 1.54) is 0 Å². The van der Waals surface area contributed by atoms with Crippen LogP contribution in [0.4, 0.5) is 0 Å². The molecule has 0 N–H and O–H groups in total. The summed E-state index contributed by atoms with van der Waals surface area (Å²) in [5.74, 6) is 2.28. The van der Waals surface area contributed by atoms with Crippen molar-refractivity contribution in [1.29, 1.82) is 0 Å². The fraction of sp³-hybridized carbons (Fsp3) is 0.333. The summed E-state index contributed by atoms with van der Waals surface area (Å²) in [7, 11) is 1.67. The molecule has 0 saturated carbocycles. The zero-order valence-corrected chi connectivity index (χ0v) is 11.7. The Morgan fingerprint density at radius 3 is 3.00 bits per heavy atom. The minimum atomic E-state index is 0.590. The second-order valence-electron chi connectivity index (χ2n) is 4.72. The van der Waals surface area contributed by atoms with E-state index in [-0.39, 0.29) is 0 Å². The van der Waals surface area contributed by atoms with Crippen molar-refractivity contribution in [1.82, 2.24) is 14.7 Å². The van der Waals surface area contributed by atoms with Gasteiger partial charge in [-0.2, -0.15) is 4.98 Å². The summed E-state index contributed by atoms with van der Waals surface area (Å²) in [6.07, 6.45) is 3.89. The number of benzene rings is 1. The van der Waals surface area contributed by atoms with Gasteiger partial charge in [0.2, 0.25) is 5.89 Å². The number of fused-ring (bicyclic) bond motifs is 1. The zero-order valence-electron chi connectivity index (χ0n) is 11.7. The van der Waals surface area contributed by atoms with Crippen LogP contribution in [0, 0.1) is 0 Å². The highest BCUT2D eigenvalue weighted by molar-refractivity contribution is 5.81. The van der Waals surface area contributed by atoms with Gasteiger partial charge in [-0.1, -0.05) is 12.1 Å². The summed E-state index contributed by atoms with van der Waals surface area (Å²) in [4.78, 5) is 4.39. The third-order valence-electron chi connectivity index (χ3n) is 3.27. The molecule has 20 heavy (non-hydrogen) atoms. The van der Waals surface area contributed by atoms with E-state index in [9.17, 15) is 0 Å². The molecule has 0 aliphatic rings. The topological polar surface area (TPSA) is 53.1 Å². The largest absolute Gasteiger partial charge is 0.497 e. The first-order chi connectivity index (χ1) is 9.80. The lowest BCUT2D eigenvalue weighted by Gasteiger charge is -2.03. The Balaban J connectivity index is 1.86. The number of hydrogen-bond donors (Lipinski definition) is 0. The van der Waals surface area contributed by atoms with Crippen molar-refractivity contribution in [2.45, 2.75) is 26.3 Å². The molecule has 1 aromatic carbocycles. The lowest BCUT2D eigenvalue weighted by atomic mass is 10.2. The van der Waals surface area contributed by atoms with Crippen LogP contribution in [0.5, 0.6) is 5.75 Å². The predicted molar refractivity (Wildman–Crippen MR) is 75.9 cm³/mol. The smallest absolute Gasteiger partial charge is 0.246 e. The number of aryl methyl sites for hydroxylation is 1. The Hall–Kier alpha value is -2.30. The van der Waals surface area contributed by atoms with Crippen molar-refractivity contribution in [3.8, 4) is 5.75 Å². The molecule has 0 unspecified atom stereocenters. The zero-order chi connectivity index (χ0) is 13.9. The van der Waals surface area contributed by atoms with Gasteiger partial charge in [-0.25, -0.2) is 0 Å². The van der Waals surface area contributed by atoms with Gasteiger partial charge in [-0.15, -0.1) is 0 Å². The van der Waals surface area contributed by atoms with Crippen LogP contribution in [-0.2, 0) is 13.0 Å². The van der Waals surface area contributed by atoms with E-state index < -0.39 is 0 Å². The minimum Gasteiger partial charge on any atom is -0.497 e. The molecule has 2 aromatic heterocycles. The van der Waals surface area contributed by atoms with Gasteiger partial charge in [-0.05, 0) is 30.7 Å². The van der Waals surface area contributed by atoms with Crippen LogP contribution in [0.15, 0.2) is 35.0 Å². The average molecular weight is 271 g/mol. The van der Waals surface area contributed by atoms with E-state index in [1.807, 2.05) is 24.4 Å². The Kier molecular flexibility index (Phi) is 3.41. The van der Waals surface area contributed by atoms with Gasteiger partial charge in [0.15, 0.2) is 5.82 Å². The summed E-state index contributed by atoms with van der Waals surface area (Å²) >= 11 is 0. The first kappa shape index (κ1) is 12.7. The van der Waals surface area contributed by atoms with Gasteiger partial charge in [0.05, 0.1) is 7.11 Å². The summed E-state index contributed by atoms with van der Waals surface area (Å²) in [5.41, 5.74) is 1.13. The van der Waals surface area contributed by atoms with E-state index in [0.717, 1.165) is 35.3 Å². The van der Waals surface area contributed by atoms with Gasteiger partial charge in [-0.3, -0.25) is 0 Å². The highest BCUT2D eigenvalue weighted by Gasteiger charge is 2.08. The Morgan fingerprint density at radius 2 is 2.20 bits per heavy atom. The molecule has 5 nitrogen and oxygen atoms in total. The number of aromatic nitrogens is 3. The van der Waals surface area contributed by atoms with E-state index in [0.29, 0.717) is 12.4 Å². The third-order valence-corrected chi connectivity index (χ3v) is 3.27. The number of nitrogens with zero attached hydrogens (tertiary/aromatic N) is 3. The highest BCUT2D eigenvalue weighted by atomic mass is 16.5. The van der Waals surface area contributed by atoms with Crippen molar-refractivity contribution in [2.75, 3.05) is 7.11 Å². The molecule has 0 saturated heterocycles. The quantitative estimate of drug-likeness (QED) is 0.715. The highest BCUT2D eigenvalue weighted by Crippen LogP contribution is 2.22. The van der Waals surface area contributed by atoms with Gasteiger partial charge >= 0.3 is 0 Å². The maximum atomic E-state index is 5.28. The Morgan fingerprint density at radius 1 is 1.30 bits per heavy atom. The first-order valence-electron chi connectivity index (χ1n) is 6.74. The van der Waals surface area contributed by atoms with Crippen LogP contribution < -0.4 is 4.74 Å². The molecule has 0 spiro atoms. The molecule has 0 amide bonds.